The van der Waals surface area contributed by atoms with E-state index in [1.54, 1.807) is 10.6 Å². The number of fused-ring (bicyclic) bond motifs is 2. The molecule has 1 aromatic carbocycles. The fraction of sp³-hybridized carbons (Fsp3) is 0.118. The van der Waals surface area contributed by atoms with Gasteiger partial charge in [0.25, 0.3) is 0 Å². The molecular formula is C17H16N4O2. The number of allylic oxidation sites excluding steroid dienone is 1. The number of carbonyl (C=O) groups excluding carboxylic acids is 1. The van der Waals surface area contributed by atoms with Crippen molar-refractivity contribution in [3.05, 3.63) is 55.1 Å². The summed E-state index contributed by atoms with van der Waals surface area (Å²) in [5.74, 6) is -0.274. The summed E-state index contributed by atoms with van der Waals surface area (Å²) in [6.45, 7) is 7.77. The molecule has 2 heterocycles. The number of benzene rings is 1. The summed E-state index contributed by atoms with van der Waals surface area (Å²) in [6, 6.07) is 7.44. The molecule has 116 valence electrons. The minimum Gasteiger partial charge on any atom is -0.458 e. The lowest BCUT2D eigenvalue weighted by atomic mass is 10.2. The Morgan fingerprint density at radius 3 is 2.57 bits per heavy atom. The van der Waals surface area contributed by atoms with Gasteiger partial charge in [0.05, 0.1) is 11.0 Å². The third-order valence-corrected chi connectivity index (χ3v) is 3.44. The summed E-state index contributed by atoms with van der Waals surface area (Å²) < 4.78 is 6.83. The van der Waals surface area contributed by atoms with Gasteiger partial charge in [-0.05, 0) is 12.1 Å². The lowest BCUT2D eigenvalue weighted by molar-refractivity contribution is 0.0553. The largest absolute Gasteiger partial charge is 0.458 e. The number of aromatic nitrogens is 3. The van der Waals surface area contributed by atoms with E-state index in [2.05, 4.69) is 23.1 Å². The van der Waals surface area contributed by atoms with Crippen LogP contribution < -0.4 is 5.73 Å². The lowest BCUT2D eigenvalue weighted by Gasteiger charge is -2.04. The minimum absolute atomic E-state index is 0.105. The van der Waals surface area contributed by atoms with Gasteiger partial charge >= 0.3 is 5.97 Å². The Morgan fingerprint density at radius 1 is 1.22 bits per heavy atom. The first kappa shape index (κ1) is 14.8. The lowest BCUT2D eigenvalue weighted by Crippen LogP contribution is -2.09. The zero-order chi connectivity index (χ0) is 16.4. The Hall–Kier alpha value is -3.15. The molecular weight excluding hydrogens is 292 g/mol. The van der Waals surface area contributed by atoms with E-state index in [0.29, 0.717) is 23.2 Å². The van der Waals surface area contributed by atoms with Crippen LogP contribution >= 0.6 is 0 Å². The molecule has 0 aliphatic rings. The first-order valence-corrected chi connectivity index (χ1v) is 7.10. The summed E-state index contributed by atoms with van der Waals surface area (Å²) in [7, 11) is 0. The summed E-state index contributed by atoms with van der Waals surface area (Å²) in [6.07, 6.45) is 3.18. The predicted molar refractivity (Wildman–Crippen MR) is 90.1 cm³/mol. The van der Waals surface area contributed by atoms with E-state index < -0.39 is 5.97 Å². The molecule has 0 atom stereocenters. The molecule has 0 saturated carbocycles. The maximum Gasteiger partial charge on any atom is 0.344 e. The number of nitrogens with zero attached hydrogens (tertiary/aromatic N) is 3. The van der Waals surface area contributed by atoms with Gasteiger partial charge in [0.15, 0.2) is 5.65 Å². The van der Waals surface area contributed by atoms with Crippen molar-refractivity contribution in [1.29, 1.82) is 0 Å². The molecule has 0 amide bonds. The van der Waals surface area contributed by atoms with E-state index in [-0.39, 0.29) is 18.0 Å². The summed E-state index contributed by atoms with van der Waals surface area (Å²) >= 11 is 0. The van der Waals surface area contributed by atoms with Crippen LogP contribution in [0.3, 0.4) is 0 Å². The molecule has 3 rings (SSSR count). The number of nitrogens with two attached hydrogens (primary N) is 1. The number of rotatable bonds is 5. The van der Waals surface area contributed by atoms with Gasteiger partial charge in [-0.15, -0.1) is 6.58 Å². The molecule has 0 saturated heterocycles. The molecule has 0 bridgehead atoms. The van der Waals surface area contributed by atoms with Crippen molar-refractivity contribution in [3.8, 4) is 0 Å². The quantitative estimate of drug-likeness (QED) is 0.579. The van der Waals surface area contributed by atoms with Crippen LogP contribution in [0.15, 0.2) is 49.6 Å². The third-order valence-electron chi connectivity index (χ3n) is 3.44. The number of para-hydroxylation sites is 2. The fourth-order valence-corrected chi connectivity index (χ4v) is 2.44. The third kappa shape index (κ3) is 2.44. The van der Waals surface area contributed by atoms with Crippen molar-refractivity contribution in [2.75, 3.05) is 12.3 Å². The number of esters is 1. The number of ether oxygens (including phenoxy) is 1. The van der Waals surface area contributed by atoms with Gasteiger partial charge in [-0.1, -0.05) is 30.9 Å². The van der Waals surface area contributed by atoms with Crippen LogP contribution in [0.5, 0.6) is 0 Å². The van der Waals surface area contributed by atoms with Crippen LogP contribution in [0.25, 0.3) is 22.2 Å². The van der Waals surface area contributed by atoms with Gasteiger partial charge in [-0.25, -0.2) is 14.8 Å². The zero-order valence-corrected chi connectivity index (χ0v) is 12.5. The normalized spacial score (nSPS) is 10.8. The van der Waals surface area contributed by atoms with Crippen molar-refractivity contribution >= 4 is 34.0 Å². The van der Waals surface area contributed by atoms with Crippen LogP contribution in [0.2, 0.25) is 0 Å². The van der Waals surface area contributed by atoms with Gasteiger partial charge < -0.3 is 15.0 Å². The first-order chi connectivity index (χ1) is 11.2. The Labute approximate surface area is 132 Å². The molecule has 0 radical (unpaired) electrons. The average Bonchev–Trinajstić information content (AvgIpc) is 2.82. The van der Waals surface area contributed by atoms with Gasteiger partial charge in [0, 0.05) is 6.54 Å². The summed E-state index contributed by atoms with van der Waals surface area (Å²) in [4.78, 5) is 21.5. The van der Waals surface area contributed by atoms with E-state index in [4.69, 9.17) is 10.5 Å². The van der Waals surface area contributed by atoms with Crippen LogP contribution in [-0.4, -0.2) is 27.1 Å². The number of carbonyl (C=O) groups is 1. The summed E-state index contributed by atoms with van der Waals surface area (Å²) in [5.41, 5.74) is 8.75. The van der Waals surface area contributed by atoms with E-state index >= 15 is 0 Å². The molecule has 2 N–H and O–H groups in total. The molecule has 0 aliphatic heterocycles. The molecule has 0 spiro atoms. The van der Waals surface area contributed by atoms with E-state index in [1.807, 2.05) is 24.3 Å². The number of anilines is 1. The molecule has 3 aromatic rings. The average molecular weight is 308 g/mol. The first-order valence-electron chi connectivity index (χ1n) is 7.10. The fourth-order valence-electron chi connectivity index (χ4n) is 2.44. The second-order valence-corrected chi connectivity index (χ2v) is 4.93. The van der Waals surface area contributed by atoms with Crippen molar-refractivity contribution in [1.82, 2.24) is 14.5 Å². The Balaban J connectivity index is 2.31. The topological polar surface area (TPSA) is 83.0 Å². The Kier molecular flexibility index (Phi) is 3.80. The van der Waals surface area contributed by atoms with Gasteiger partial charge in [-0.2, -0.15) is 0 Å². The molecule has 6 nitrogen and oxygen atoms in total. The monoisotopic (exact) mass is 308 g/mol. The molecule has 23 heavy (non-hydrogen) atoms. The maximum absolute atomic E-state index is 12.3. The van der Waals surface area contributed by atoms with Crippen LogP contribution in [-0.2, 0) is 11.3 Å². The smallest absolute Gasteiger partial charge is 0.344 e. The SMILES string of the molecule is C=CCOC(=O)c1c(N)n(CC=C)c2nc3ccccc3nc12. The van der Waals surface area contributed by atoms with Crippen molar-refractivity contribution < 1.29 is 9.53 Å². The van der Waals surface area contributed by atoms with Crippen molar-refractivity contribution in [2.24, 2.45) is 0 Å². The van der Waals surface area contributed by atoms with E-state index in [9.17, 15) is 4.79 Å². The molecule has 0 unspecified atom stereocenters. The maximum atomic E-state index is 12.3. The number of hydrogen-bond donors (Lipinski definition) is 1. The molecule has 0 aliphatic carbocycles. The van der Waals surface area contributed by atoms with Crippen LogP contribution in [0.4, 0.5) is 5.82 Å². The Bertz CT molecular complexity index is 927. The highest BCUT2D eigenvalue weighted by Crippen LogP contribution is 2.28. The second-order valence-electron chi connectivity index (χ2n) is 4.93. The summed E-state index contributed by atoms with van der Waals surface area (Å²) in [5, 5.41) is 0. The zero-order valence-electron chi connectivity index (χ0n) is 12.5. The van der Waals surface area contributed by atoms with Crippen LogP contribution in [0, 0.1) is 0 Å². The molecule has 0 fully saturated rings. The van der Waals surface area contributed by atoms with Crippen molar-refractivity contribution in [2.45, 2.75) is 6.54 Å². The van der Waals surface area contributed by atoms with Crippen LogP contribution in [0.1, 0.15) is 10.4 Å². The minimum atomic E-state index is -0.542. The van der Waals surface area contributed by atoms with E-state index in [0.717, 1.165) is 5.52 Å². The number of nitrogen functional groups attached to an aromatic ring is 1. The standard InChI is InChI=1S/C17H16N4O2/c1-3-9-21-15(18)13(17(22)23-10-4-2)14-16(21)20-12-8-6-5-7-11(12)19-14/h3-8H,1-2,9-10,18H2. The second kappa shape index (κ2) is 5.92. The Morgan fingerprint density at radius 2 is 1.91 bits per heavy atom. The predicted octanol–water partition coefficient (Wildman–Crippen LogP) is 2.70. The van der Waals surface area contributed by atoms with Gasteiger partial charge in [-0.3, -0.25) is 0 Å². The number of hydrogen-bond acceptors (Lipinski definition) is 5. The van der Waals surface area contributed by atoms with Gasteiger partial charge in [0.1, 0.15) is 23.5 Å². The highest BCUT2D eigenvalue weighted by Gasteiger charge is 2.24. The molecule has 2 aromatic heterocycles. The van der Waals surface area contributed by atoms with E-state index in [1.165, 1.54) is 6.08 Å². The molecule has 6 heteroatoms. The van der Waals surface area contributed by atoms with Gasteiger partial charge in [0.2, 0.25) is 0 Å². The highest BCUT2D eigenvalue weighted by atomic mass is 16.5. The highest BCUT2D eigenvalue weighted by molar-refractivity contribution is 6.08. The van der Waals surface area contributed by atoms with Crippen molar-refractivity contribution in [3.63, 3.8) is 0 Å².